The van der Waals surface area contributed by atoms with E-state index in [2.05, 4.69) is 58.2 Å². The number of rotatable bonds is 27. The van der Waals surface area contributed by atoms with Gasteiger partial charge in [0.05, 0.1) is 24.6 Å². The number of halogens is 2. The van der Waals surface area contributed by atoms with Gasteiger partial charge in [-0.05, 0) is 159 Å². The van der Waals surface area contributed by atoms with E-state index in [1.54, 1.807) is 30.5 Å². The number of hydrogen-bond donors (Lipinski definition) is 16. The summed E-state index contributed by atoms with van der Waals surface area (Å²) < 4.78 is 28.7. The van der Waals surface area contributed by atoms with E-state index >= 15 is 9.59 Å². The quantitative estimate of drug-likeness (QED) is 0.0301. The number of carbonyl (C=O) groups is 15. The first kappa shape index (κ1) is 91.8. The van der Waals surface area contributed by atoms with Gasteiger partial charge in [-0.25, -0.2) is 8.78 Å². The van der Waals surface area contributed by atoms with Crippen LogP contribution in [0.3, 0.4) is 0 Å². The molecule has 2 heterocycles. The molecule has 31 nitrogen and oxygen atoms in total. The van der Waals surface area contributed by atoms with Crippen molar-refractivity contribution in [2.75, 3.05) is 13.2 Å². The lowest BCUT2D eigenvalue weighted by Crippen LogP contribution is -2.63. The number of aromatic nitrogens is 1. The maximum Gasteiger partial charge on any atom is 0.303 e. The number of fused-ring (bicyclic) bond motifs is 1. The highest BCUT2D eigenvalue weighted by atomic mass is 19.2. The average molecular weight is 1570 g/mol. The molecule has 3 unspecified atom stereocenters. The minimum Gasteiger partial charge on any atom is -0.508 e. The van der Waals surface area contributed by atoms with Crippen molar-refractivity contribution in [3.8, 4) is 5.75 Å². The number of para-hydroxylation sites is 1. The third-order valence-electron chi connectivity index (χ3n) is 19.6. The first-order valence-corrected chi connectivity index (χ1v) is 37.7. The van der Waals surface area contributed by atoms with E-state index in [1.165, 1.54) is 71.9 Å². The van der Waals surface area contributed by atoms with Gasteiger partial charge in [-0.1, -0.05) is 88.1 Å². The molecule has 0 saturated carbocycles. The molecule has 0 fully saturated rings. The number of ketones is 3. The van der Waals surface area contributed by atoms with Gasteiger partial charge >= 0.3 is 5.97 Å². The van der Waals surface area contributed by atoms with Crippen molar-refractivity contribution in [1.82, 2.24) is 58.2 Å². The minimum absolute atomic E-state index is 0.0111. The molecule has 33 heteroatoms. The van der Waals surface area contributed by atoms with Crippen molar-refractivity contribution in [1.29, 1.82) is 0 Å². The molecule has 1 aromatic heterocycles. The number of primary amides is 2. The van der Waals surface area contributed by atoms with Gasteiger partial charge in [0.25, 0.3) is 0 Å². The third-order valence-corrected chi connectivity index (χ3v) is 19.6. The van der Waals surface area contributed by atoms with Crippen LogP contribution in [0.25, 0.3) is 10.9 Å². The van der Waals surface area contributed by atoms with Gasteiger partial charge in [-0.3, -0.25) is 67.1 Å². The maximum atomic E-state index is 15.2. The van der Waals surface area contributed by atoms with Gasteiger partial charge in [0.2, 0.25) is 76.5 Å². The second-order valence-electron chi connectivity index (χ2n) is 29.7. The predicted octanol–water partition coefficient (Wildman–Crippen LogP) is 2.82. The molecule has 0 aliphatic carbocycles. The summed E-state index contributed by atoms with van der Waals surface area (Å²) >= 11 is 0. The first-order chi connectivity index (χ1) is 52.8. The zero-order chi connectivity index (χ0) is 83.2. The van der Waals surface area contributed by atoms with Crippen LogP contribution in [0, 0.1) is 29.4 Å². The van der Waals surface area contributed by atoms with Crippen molar-refractivity contribution in [3.05, 3.63) is 113 Å². The highest BCUT2D eigenvalue weighted by Crippen LogP contribution is 2.26. The van der Waals surface area contributed by atoms with Crippen LogP contribution in [-0.2, 0) is 91.2 Å². The number of aromatic amines is 1. The molecule has 1 aliphatic heterocycles. The summed E-state index contributed by atoms with van der Waals surface area (Å²) in [6, 6.07) is 2.84. The number of phenols is 1. The number of amides is 11. The van der Waals surface area contributed by atoms with E-state index in [-0.39, 0.29) is 75.1 Å². The summed E-state index contributed by atoms with van der Waals surface area (Å²) in [5, 5.41) is 57.6. The third kappa shape index (κ3) is 29.4. The number of benzene rings is 3. The first-order valence-electron chi connectivity index (χ1n) is 37.7. The number of aromatic hydroxyl groups is 1. The van der Waals surface area contributed by atoms with Crippen LogP contribution >= 0.6 is 0 Å². The highest BCUT2D eigenvalue weighted by molar-refractivity contribution is 6.41. The monoisotopic (exact) mass is 1570 g/mol. The number of aliphatic carboxylic acids is 1. The number of carbonyl (C=O) groups excluding carboxylic acids is 14. The Morgan fingerprint density at radius 2 is 1.26 bits per heavy atom. The Bertz CT molecular complexity index is 4040. The van der Waals surface area contributed by atoms with Crippen molar-refractivity contribution >= 4 is 99.2 Å². The summed E-state index contributed by atoms with van der Waals surface area (Å²) in [4.78, 5) is 212. The van der Waals surface area contributed by atoms with Crippen LogP contribution in [0.5, 0.6) is 5.75 Å². The molecule has 0 bridgehead atoms. The van der Waals surface area contributed by atoms with Crippen molar-refractivity contribution < 1.29 is 96.0 Å². The number of nitrogens with two attached hydrogens (primary N) is 2. The summed E-state index contributed by atoms with van der Waals surface area (Å²) in [7, 11) is 0. The normalized spacial score (nSPS) is 22.9. The Balaban J connectivity index is 1.62. The Morgan fingerprint density at radius 3 is 1.89 bits per heavy atom. The molecule has 5 rings (SSSR count). The minimum atomic E-state index is -1.97. The van der Waals surface area contributed by atoms with Gasteiger partial charge in [-0.2, -0.15) is 0 Å². The number of carboxylic acids is 1. The smallest absolute Gasteiger partial charge is 0.303 e. The zero-order valence-electron chi connectivity index (χ0n) is 64.7. The van der Waals surface area contributed by atoms with E-state index < -0.39 is 210 Å². The molecule has 0 saturated heterocycles. The van der Waals surface area contributed by atoms with Crippen LogP contribution < -0.4 is 64.6 Å². The van der Waals surface area contributed by atoms with Gasteiger partial charge in [0.1, 0.15) is 58.9 Å². The molecule has 1 aliphatic rings. The largest absolute Gasteiger partial charge is 0.508 e. The van der Waals surface area contributed by atoms with Crippen LogP contribution in [0.4, 0.5) is 8.78 Å². The zero-order valence-corrected chi connectivity index (χ0v) is 64.7. The van der Waals surface area contributed by atoms with E-state index in [4.69, 9.17) is 11.5 Å². The summed E-state index contributed by atoms with van der Waals surface area (Å²) in [5.74, 6) is -19.5. The van der Waals surface area contributed by atoms with E-state index in [9.17, 15) is 86.4 Å². The Kier molecular flexibility index (Phi) is 36.3. The van der Waals surface area contributed by atoms with Gasteiger partial charge in [0.15, 0.2) is 11.6 Å². The molecule has 18 N–H and O–H groups in total. The fourth-order valence-electron chi connectivity index (χ4n) is 12.7. The number of phenolic OH excluding ortho intramolecular Hbond substituents is 1. The average Bonchev–Trinajstić information content (AvgIpc) is 1.32. The second kappa shape index (κ2) is 44.3. The molecule has 112 heavy (non-hydrogen) atoms. The number of nitrogens with one attached hydrogen (secondary N) is 11. The second-order valence-corrected chi connectivity index (χ2v) is 29.7. The number of H-pyrrole nitrogens is 1. The molecular weight excluding hydrogens is 1460 g/mol. The Morgan fingerprint density at radius 1 is 0.643 bits per heavy atom. The van der Waals surface area contributed by atoms with E-state index in [1.807, 2.05) is 26.0 Å². The van der Waals surface area contributed by atoms with Gasteiger partial charge in [-0.15, -0.1) is 0 Å². The number of aliphatic hydroxyl groups excluding tert-OH is 1. The molecule has 11 amide bonds. The number of Topliss-reactive ketones (excluding diaryl/α,β-unsaturated/α-hetero) is 3. The predicted molar refractivity (Wildman–Crippen MR) is 408 cm³/mol. The summed E-state index contributed by atoms with van der Waals surface area (Å²) in [5.41, 5.74) is 8.58. The number of allylic oxidation sites excluding steroid dienone is 2. The standard InChI is InChI=1S/C79H109F2N13O18/c1-44(2)22-26-51-41-85-59(30-32-64(82)98)67(102)66(101)46(4)86-73(108)62(40-53-42-84-58-21-17-16-20-55(53)58)90-74(109)61(39-49-23-27-54(97)28-24-49)89-72(107)60(31-33-65(99)100)91-76(111)78(7,94-71(106)52(36-45(3)96)37-50-25-29-56(80)57(81)38-50)34-18-14-12-10-9-11-13-15-19-35-79(8,93-70(51)105)77(112)92-63(43-95)75(110)88-48(6)69(104)87-47(5)68(83)103/h11,13,16-17,20-21,23-25,27-29,38,42,44,46-48,51-52,59-63,84-85,95,97H,9-10,12,14-15,18-19,22,26,30-37,39-41,43H2,1-8H3,(H2,82,98)(H2,83,103)(H,86,108)(H,87,104)(H,88,110)(H,89,107)(H,90,109)(H,91,111)(H,92,112)(H,93,105)(H,94,106)(H,99,100)/b13-11+/t46?,47-,48?,51+,52-,59-,60-,61?,62-,63-,78+,79-/m0/s1. The molecule has 612 valence electrons. The van der Waals surface area contributed by atoms with Crippen molar-refractivity contribution in [2.45, 2.75) is 237 Å². The number of aliphatic hydroxyl groups is 1. The van der Waals surface area contributed by atoms with Crippen LogP contribution in [0.15, 0.2) is 85.1 Å². The molecule has 0 radical (unpaired) electrons. The van der Waals surface area contributed by atoms with Crippen molar-refractivity contribution in [2.24, 2.45) is 29.2 Å². The lowest BCUT2D eigenvalue weighted by atomic mass is 9.88. The van der Waals surface area contributed by atoms with Crippen LogP contribution in [0.1, 0.15) is 175 Å². The van der Waals surface area contributed by atoms with Crippen LogP contribution in [-0.4, -0.2) is 181 Å². The van der Waals surface area contributed by atoms with Crippen molar-refractivity contribution in [3.63, 3.8) is 0 Å². The fourth-order valence-corrected chi connectivity index (χ4v) is 12.7. The maximum absolute atomic E-state index is 15.2. The topological polar surface area (TPSA) is 505 Å². The molecule has 3 aromatic carbocycles. The SMILES string of the molecule is CC(=O)C[C@@H](Cc1ccc(F)c(F)c1)C(=O)N[C@]1(C)CCCCCC/C=C/CCC[C@@](C)(C(=O)N[C@@H](CO)C(=O)NC(C)C(=O)N[C@@H](C)C(N)=O)NC(=O)[C@H](CCC(C)C)CN[C@@H](CCC(N)=O)C(=O)C(=O)C(C)NC(=O)[C@H](Cc2c[nH]c3ccccc23)NC(=O)C(Cc2ccc(O)cc2)NC(=O)[C@H](CCC(=O)O)NC1=O. The molecule has 0 spiro atoms. The summed E-state index contributed by atoms with van der Waals surface area (Å²) in [6.07, 6.45) is 4.82. The Labute approximate surface area is 649 Å². The van der Waals surface area contributed by atoms with E-state index in [0.717, 1.165) is 12.1 Å². The lowest BCUT2D eigenvalue weighted by molar-refractivity contribution is -0.140. The highest BCUT2D eigenvalue weighted by Gasteiger charge is 2.42. The molecule has 12 atom stereocenters. The summed E-state index contributed by atoms with van der Waals surface area (Å²) in [6.45, 7) is 10.2. The number of hydrogen-bond acceptors (Lipinski definition) is 18. The van der Waals surface area contributed by atoms with Crippen LogP contribution in [0.2, 0.25) is 0 Å². The Hall–Kier alpha value is -10.8. The molecular formula is C79H109F2N13O18. The number of carboxylic acid groups (broad SMARTS) is 1. The van der Waals surface area contributed by atoms with Gasteiger partial charge < -0.3 is 89.7 Å². The van der Waals surface area contributed by atoms with E-state index in [0.29, 0.717) is 60.6 Å². The fraction of sp³-hybridized carbons (Fsp3) is 0.532. The molecule has 4 aromatic rings. The van der Waals surface area contributed by atoms with Gasteiger partial charge in [0, 0.05) is 61.7 Å². The lowest BCUT2D eigenvalue weighted by Gasteiger charge is -2.33.